The number of carbonyl (C=O) groups excluding carboxylic acids is 2. The summed E-state index contributed by atoms with van der Waals surface area (Å²) in [6, 6.07) is 6.22. The van der Waals surface area contributed by atoms with Crippen LogP contribution in [0.5, 0.6) is 5.75 Å². The number of fused-ring (bicyclic) bond motifs is 1. The fraction of sp³-hybridized carbons (Fsp3) is 0.235. The first-order valence-corrected chi connectivity index (χ1v) is 8.57. The number of rotatable bonds is 5. The number of carbonyl (C=O) groups is 2. The van der Waals surface area contributed by atoms with Crippen LogP contribution >= 0.6 is 15.9 Å². The van der Waals surface area contributed by atoms with Crippen LogP contribution in [0.25, 0.3) is 5.69 Å². The Hall–Kier alpha value is -2.65. The molecule has 0 bridgehead atoms. The molecule has 1 aliphatic rings. The lowest BCUT2D eigenvalue weighted by Gasteiger charge is -2.17. The molecule has 1 aromatic heterocycles. The Bertz CT molecular complexity index is 968. The molecular weight excluding hydrogens is 404 g/mol. The molecule has 2 amide bonds. The first-order chi connectivity index (χ1) is 12.3. The van der Waals surface area contributed by atoms with Gasteiger partial charge >= 0.3 is 0 Å². The number of nitrogen functional groups attached to an aromatic ring is 1. The Balaban J connectivity index is 2.13. The minimum Gasteiger partial charge on any atom is -0.490 e. The second-order valence-corrected chi connectivity index (χ2v) is 6.95. The van der Waals surface area contributed by atoms with E-state index < -0.39 is 17.4 Å². The highest BCUT2D eigenvalue weighted by atomic mass is 79.9. The van der Waals surface area contributed by atoms with Crippen LogP contribution in [-0.4, -0.2) is 48.5 Å². The van der Waals surface area contributed by atoms with Crippen molar-refractivity contribution in [3.63, 3.8) is 0 Å². The predicted molar refractivity (Wildman–Crippen MR) is 100.0 cm³/mol. The molecule has 3 rings (SSSR count). The van der Waals surface area contributed by atoms with Gasteiger partial charge in [0.2, 0.25) is 0 Å². The van der Waals surface area contributed by atoms with E-state index in [9.17, 15) is 14.4 Å². The molecule has 0 aliphatic carbocycles. The molecule has 0 unspecified atom stereocenters. The SMILES string of the molecule is CN(C)CCOc1cc(Br)ccc1-n1c(N)c2c(cc1=O)C(=O)NC2=O. The van der Waals surface area contributed by atoms with E-state index in [1.807, 2.05) is 19.0 Å². The molecular formula is C17H17BrN4O4. The topological polar surface area (TPSA) is 107 Å². The number of imide groups is 1. The van der Waals surface area contributed by atoms with Gasteiger partial charge in [0, 0.05) is 17.1 Å². The van der Waals surface area contributed by atoms with Crippen molar-refractivity contribution >= 4 is 33.6 Å². The van der Waals surface area contributed by atoms with Crippen molar-refractivity contribution in [2.75, 3.05) is 33.0 Å². The normalized spacial score (nSPS) is 13.1. The number of nitrogens with zero attached hydrogens (tertiary/aromatic N) is 2. The van der Waals surface area contributed by atoms with Gasteiger partial charge in [-0.1, -0.05) is 15.9 Å². The zero-order valence-corrected chi connectivity index (χ0v) is 15.8. The van der Waals surface area contributed by atoms with Crippen molar-refractivity contribution in [2.45, 2.75) is 0 Å². The Labute approximate surface area is 157 Å². The van der Waals surface area contributed by atoms with Crippen molar-refractivity contribution in [1.29, 1.82) is 0 Å². The largest absolute Gasteiger partial charge is 0.490 e. The van der Waals surface area contributed by atoms with Crippen molar-refractivity contribution in [1.82, 2.24) is 14.8 Å². The summed E-state index contributed by atoms with van der Waals surface area (Å²) in [6.07, 6.45) is 0. The number of pyridine rings is 1. The number of amides is 2. The summed E-state index contributed by atoms with van der Waals surface area (Å²) < 4.78 is 7.75. The fourth-order valence-corrected chi connectivity index (χ4v) is 2.99. The third-order valence-electron chi connectivity index (χ3n) is 3.91. The number of nitrogens with one attached hydrogen (secondary N) is 1. The quantitative estimate of drug-likeness (QED) is 0.698. The predicted octanol–water partition coefficient (Wildman–Crippen LogP) is 1.01. The maximum Gasteiger partial charge on any atom is 0.262 e. The number of ether oxygens (including phenoxy) is 1. The lowest BCUT2D eigenvalue weighted by molar-refractivity contribution is 0.0880. The van der Waals surface area contributed by atoms with E-state index in [-0.39, 0.29) is 16.9 Å². The molecule has 2 aromatic rings. The molecule has 1 aliphatic heterocycles. The zero-order valence-electron chi connectivity index (χ0n) is 14.2. The van der Waals surface area contributed by atoms with Crippen LogP contribution in [0.4, 0.5) is 5.82 Å². The van der Waals surface area contributed by atoms with Gasteiger partial charge in [0.15, 0.2) is 0 Å². The van der Waals surface area contributed by atoms with Gasteiger partial charge in [0.05, 0.1) is 16.8 Å². The molecule has 3 N–H and O–H groups in total. The first kappa shape index (κ1) is 18.2. The van der Waals surface area contributed by atoms with Crippen molar-refractivity contribution in [3.8, 4) is 11.4 Å². The highest BCUT2D eigenvalue weighted by Crippen LogP contribution is 2.30. The highest BCUT2D eigenvalue weighted by molar-refractivity contribution is 9.10. The summed E-state index contributed by atoms with van der Waals surface area (Å²) in [6.45, 7) is 1.08. The van der Waals surface area contributed by atoms with Crippen molar-refractivity contribution in [3.05, 3.63) is 50.2 Å². The maximum absolute atomic E-state index is 12.6. The number of nitrogens with two attached hydrogens (primary N) is 1. The summed E-state index contributed by atoms with van der Waals surface area (Å²) in [7, 11) is 3.84. The number of halogens is 1. The van der Waals surface area contributed by atoms with Gasteiger partial charge in [-0.3, -0.25) is 24.3 Å². The Morgan fingerprint density at radius 1 is 1.19 bits per heavy atom. The van der Waals surface area contributed by atoms with Crippen LogP contribution in [0.1, 0.15) is 20.7 Å². The van der Waals surface area contributed by atoms with Crippen LogP contribution in [-0.2, 0) is 0 Å². The summed E-state index contributed by atoms with van der Waals surface area (Å²) in [5.41, 5.74) is 5.93. The first-order valence-electron chi connectivity index (χ1n) is 7.78. The molecule has 26 heavy (non-hydrogen) atoms. The summed E-state index contributed by atoms with van der Waals surface area (Å²) in [5.74, 6) is -0.919. The minimum absolute atomic E-state index is 0.00300. The summed E-state index contributed by atoms with van der Waals surface area (Å²) in [4.78, 5) is 38.3. The van der Waals surface area contributed by atoms with Gasteiger partial charge in [-0.05, 0) is 32.3 Å². The summed E-state index contributed by atoms with van der Waals surface area (Å²) >= 11 is 3.38. The van der Waals surface area contributed by atoms with E-state index in [4.69, 9.17) is 10.5 Å². The monoisotopic (exact) mass is 420 g/mol. The second-order valence-electron chi connectivity index (χ2n) is 6.04. The highest BCUT2D eigenvalue weighted by Gasteiger charge is 2.32. The number of hydrogen-bond donors (Lipinski definition) is 2. The molecule has 0 radical (unpaired) electrons. The molecule has 8 nitrogen and oxygen atoms in total. The van der Waals surface area contributed by atoms with Crippen LogP contribution in [0.3, 0.4) is 0 Å². The molecule has 0 fully saturated rings. The molecule has 0 spiro atoms. The smallest absolute Gasteiger partial charge is 0.262 e. The van der Waals surface area contributed by atoms with Crippen molar-refractivity contribution < 1.29 is 14.3 Å². The molecule has 0 atom stereocenters. The average Bonchev–Trinajstić information content (AvgIpc) is 2.83. The van der Waals surface area contributed by atoms with Crippen LogP contribution in [0, 0.1) is 0 Å². The van der Waals surface area contributed by atoms with Crippen LogP contribution in [0.15, 0.2) is 33.5 Å². The lowest BCUT2D eigenvalue weighted by atomic mass is 10.1. The van der Waals surface area contributed by atoms with Crippen LogP contribution < -0.4 is 21.3 Å². The number of anilines is 1. The van der Waals surface area contributed by atoms with Crippen LogP contribution in [0.2, 0.25) is 0 Å². The van der Waals surface area contributed by atoms with E-state index in [0.717, 1.165) is 10.5 Å². The van der Waals surface area contributed by atoms with E-state index in [0.29, 0.717) is 24.6 Å². The van der Waals surface area contributed by atoms with E-state index in [1.54, 1.807) is 18.2 Å². The molecule has 0 saturated carbocycles. The maximum atomic E-state index is 12.6. The number of hydrogen-bond acceptors (Lipinski definition) is 6. The third-order valence-corrected chi connectivity index (χ3v) is 4.41. The molecule has 1 aromatic carbocycles. The Morgan fingerprint density at radius 3 is 2.62 bits per heavy atom. The molecule has 2 heterocycles. The molecule has 9 heteroatoms. The van der Waals surface area contributed by atoms with Gasteiger partial charge in [-0.2, -0.15) is 0 Å². The van der Waals surface area contributed by atoms with Gasteiger partial charge < -0.3 is 15.4 Å². The Kier molecular flexibility index (Phi) is 4.84. The number of likely N-dealkylation sites (N-methyl/N-ethyl adjacent to an activating group) is 1. The minimum atomic E-state index is -0.626. The second kappa shape index (κ2) is 6.93. The van der Waals surface area contributed by atoms with E-state index in [1.165, 1.54) is 4.57 Å². The van der Waals surface area contributed by atoms with E-state index >= 15 is 0 Å². The van der Waals surface area contributed by atoms with Gasteiger partial charge in [0.25, 0.3) is 17.4 Å². The third kappa shape index (κ3) is 3.23. The zero-order chi connectivity index (χ0) is 19.0. The Morgan fingerprint density at radius 2 is 1.92 bits per heavy atom. The van der Waals surface area contributed by atoms with Gasteiger partial charge in [-0.25, -0.2) is 0 Å². The summed E-state index contributed by atoms with van der Waals surface area (Å²) in [5, 5.41) is 2.15. The fourth-order valence-electron chi connectivity index (χ4n) is 2.65. The van der Waals surface area contributed by atoms with E-state index in [2.05, 4.69) is 21.2 Å². The standard InChI is InChI=1S/C17H17BrN4O4/c1-21(2)5-6-26-12-7-9(18)3-4-11(12)22-13(23)8-10-14(15(22)19)17(25)20-16(10)24/h3-4,7-8H,5-6,19H2,1-2H3,(H,20,24,25). The molecule has 136 valence electrons. The lowest BCUT2D eigenvalue weighted by Crippen LogP contribution is -2.25. The van der Waals surface area contributed by atoms with Gasteiger partial charge in [-0.15, -0.1) is 0 Å². The number of benzene rings is 1. The van der Waals surface area contributed by atoms with Gasteiger partial charge in [0.1, 0.15) is 18.2 Å². The molecule has 0 saturated heterocycles. The van der Waals surface area contributed by atoms with Crippen molar-refractivity contribution in [2.24, 2.45) is 0 Å². The number of aromatic nitrogens is 1. The average molecular weight is 421 g/mol.